The molecular formula is C13H14Cl3N3O2S. The number of aromatic nitrogens is 2. The van der Waals surface area contributed by atoms with Gasteiger partial charge in [-0.05, 0) is 19.1 Å². The van der Waals surface area contributed by atoms with Gasteiger partial charge in [-0.3, -0.25) is 4.68 Å². The molecule has 0 spiro atoms. The van der Waals surface area contributed by atoms with Crippen LogP contribution in [0.15, 0.2) is 29.4 Å². The molecule has 0 aliphatic carbocycles. The highest BCUT2D eigenvalue weighted by molar-refractivity contribution is 7.89. The molecule has 22 heavy (non-hydrogen) atoms. The van der Waals surface area contributed by atoms with Gasteiger partial charge < -0.3 is 0 Å². The van der Waals surface area contributed by atoms with Gasteiger partial charge >= 0.3 is 0 Å². The summed E-state index contributed by atoms with van der Waals surface area (Å²) in [5.41, 5.74) is 0.782. The van der Waals surface area contributed by atoms with E-state index < -0.39 is 10.0 Å². The van der Waals surface area contributed by atoms with Crippen molar-refractivity contribution in [3.63, 3.8) is 0 Å². The fraction of sp³-hybridized carbons (Fsp3) is 0.308. The Morgan fingerprint density at radius 2 is 1.82 bits per heavy atom. The molecule has 0 saturated heterocycles. The Kier molecular flexibility index (Phi) is 5.40. The Morgan fingerprint density at radius 3 is 2.41 bits per heavy atom. The molecule has 0 unspecified atom stereocenters. The first-order valence-corrected chi connectivity index (χ1v) is 8.95. The number of hydrogen-bond acceptors (Lipinski definition) is 3. The van der Waals surface area contributed by atoms with E-state index in [1.807, 2.05) is 6.92 Å². The average Bonchev–Trinajstić information content (AvgIpc) is 2.90. The molecule has 1 aromatic carbocycles. The van der Waals surface area contributed by atoms with E-state index in [0.717, 1.165) is 12.1 Å². The standard InChI is InChI=1S/C13H14Cl3N3O2S/c1-3-19-8-9(6-17-19)7-18(2)22(20,21)13-5-11(15)10(14)4-12(13)16/h4-6,8H,3,7H2,1-2H3. The van der Waals surface area contributed by atoms with Crippen molar-refractivity contribution >= 4 is 44.8 Å². The van der Waals surface area contributed by atoms with Crippen LogP contribution in [0.1, 0.15) is 12.5 Å². The second kappa shape index (κ2) is 6.76. The molecule has 120 valence electrons. The van der Waals surface area contributed by atoms with E-state index >= 15 is 0 Å². The maximum Gasteiger partial charge on any atom is 0.244 e. The summed E-state index contributed by atoms with van der Waals surface area (Å²) >= 11 is 17.7. The molecular weight excluding hydrogens is 369 g/mol. The van der Waals surface area contributed by atoms with E-state index in [1.54, 1.807) is 17.1 Å². The highest BCUT2D eigenvalue weighted by Crippen LogP contribution is 2.33. The summed E-state index contributed by atoms with van der Waals surface area (Å²) in [5, 5.41) is 4.49. The largest absolute Gasteiger partial charge is 0.273 e. The van der Waals surface area contributed by atoms with Gasteiger partial charge in [0.15, 0.2) is 0 Å². The maximum atomic E-state index is 12.6. The smallest absolute Gasteiger partial charge is 0.244 e. The van der Waals surface area contributed by atoms with E-state index in [0.29, 0.717) is 0 Å². The quantitative estimate of drug-likeness (QED) is 0.741. The third-order valence-corrected chi connectivity index (χ3v) is 6.07. The second-order valence-corrected chi connectivity index (χ2v) is 7.90. The van der Waals surface area contributed by atoms with Gasteiger partial charge in [0.05, 0.1) is 21.3 Å². The summed E-state index contributed by atoms with van der Waals surface area (Å²) in [6, 6.07) is 2.58. The van der Waals surface area contributed by atoms with E-state index in [2.05, 4.69) is 5.10 Å². The maximum absolute atomic E-state index is 12.6. The highest BCUT2D eigenvalue weighted by Gasteiger charge is 2.25. The van der Waals surface area contributed by atoms with Gasteiger partial charge in [-0.25, -0.2) is 8.42 Å². The summed E-state index contributed by atoms with van der Waals surface area (Å²) in [5.74, 6) is 0. The molecule has 0 aliphatic rings. The van der Waals surface area contributed by atoms with Crippen LogP contribution < -0.4 is 0 Å². The predicted molar refractivity (Wildman–Crippen MR) is 88.0 cm³/mol. The lowest BCUT2D eigenvalue weighted by atomic mass is 10.3. The lowest BCUT2D eigenvalue weighted by molar-refractivity contribution is 0.466. The Balaban J connectivity index is 2.31. The molecule has 1 heterocycles. The van der Waals surface area contributed by atoms with Gasteiger partial charge in [0.25, 0.3) is 0 Å². The Bertz CT molecular complexity index is 790. The molecule has 0 saturated carbocycles. The van der Waals surface area contributed by atoms with Crippen LogP contribution in [0.5, 0.6) is 0 Å². The van der Waals surface area contributed by atoms with Crippen LogP contribution in [0.2, 0.25) is 15.1 Å². The number of benzene rings is 1. The first-order chi connectivity index (χ1) is 10.3. The van der Waals surface area contributed by atoms with Crippen LogP contribution >= 0.6 is 34.8 Å². The van der Waals surface area contributed by atoms with Gasteiger partial charge in [-0.15, -0.1) is 0 Å². The van der Waals surface area contributed by atoms with Crippen LogP contribution in [-0.4, -0.2) is 29.6 Å². The van der Waals surface area contributed by atoms with Gasteiger partial charge in [-0.2, -0.15) is 9.40 Å². The normalized spacial score (nSPS) is 12.1. The van der Waals surface area contributed by atoms with Gasteiger partial charge in [-0.1, -0.05) is 34.8 Å². The molecule has 0 amide bonds. The number of hydrogen-bond donors (Lipinski definition) is 0. The summed E-state index contributed by atoms with van der Waals surface area (Å²) in [6.07, 6.45) is 3.43. The van der Waals surface area contributed by atoms with E-state index in [9.17, 15) is 8.42 Å². The minimum atomic E-state index is -3.78. The van der Waals surface area contributed by atoms with Crippen molar-refractivity contribution in [3.8, 4) is 0 Å². The third-order valence-electron chi connectivity index (χ3n) is 3.08. The highest BCUT2D eigenvalue weighted by atomic mass is 35.5. The molecule has 9 heteroatoms. The fourth-order valence-electron chi connectivity index (χ4n) is 1.87. The minimum Gasteiger partial charge on any atom is -0.273 e. The van der Waals surface area contributed by atoms with E-state index in [-0.39, 0.29) is 26.5 Å². The van der Waals surface area contributed by atoms with Crippen LogP contribution in [-0.2, 0) is 23.1 Å². The number of rotatable bonds is 5. The van der Waals surface area contributed by atoms with Crippen molar-refractivity contribution in [1.29, 1.82) is 0 Å². The van der Waals surface area contributed by atoms with Gasteiger partial charge in [0, 0.05) is 31.9 Å². The zero-order valence-corrected chi connectivity index (χ0v) is 15.0. The summed E-state index contributed by atoms with van der Waals surface area (Å²) in [7, 11) is -2.31. The van der Waals surface area contributed by atoms with Crippen molar-refractivity contribution in [1.82, 2.24) is 14.1 Å². The number of sulfonamides is 1. The molecule has 2 aromatic rings. The molecule has 1 aromatic heterocycles. The molecule has 0 radical (unpaired) electrons. The van der Waals surface area contributed by atoms with Crippen LogP contribution in [0.25, 0.3) is 0 Å². The average molecular weight is 383 g/mol. The van der Waals surface area contributed by atoms with Gasteiger partial charge in [0.2, 0.25) is 10.0 Å². The predicted octanol–water partition coefficient (Wildman–Crippen LogP) is 3.68. The van der Waals surface area contributed by atoms with Crippen LogP contribution in [0.4, 0.5) is 0 Å². The second-order valence-electron chi connectivity index (χ2n) is 4.66. The molecule has 0 N–H and O–H groups in total. The first kappa shape index (κ1) is 17.6. The summed E-state index contributed by atoms with van der Waals surface area (Å²) in [6.45, 7) is 2.85. The van der Waals surface area contributed by atoms with Gasteiger partial charge in [0.1, 0.15) is 4.90 Å². The van der Waals surface area contributed by atoms with Crippen molar-refractivity contribution < 1.29 is 8.42 Å². The number of nitrogens with zero attached hydrogens (tertiary/aromatic N) is 3. The number of aryl methyl sites for hydroxylation is 1. The zero-order valence-electron chi connectivity index (χ0n) is 11.9. The third kappa shape index (κ3) is 3.58. The molecule has 2 rings (SSSR count). The SMILES string of the molecule is CCn1cc(CN(C)S(=O)(=O)c2cc(Cl)c(Cl)cc2Cl)cn1. The van der Waals surface area contributed by atoms with Crippen molar-refractivity contribution in [2.24, 2.45) is 0 Å². The van der Waals surface area contributed by atoms with Crippen molar-refractivity contribution in [2.45, 2.75) is 24.9 Å². The lowest BCUT2D eigenvalue weighted by Crippen LogP contribution is -2.26. The summed E-state index contributed by atoms with van der Waals surface area (Å²) < 4.78 is 28.1. The van der Waals surface area contributed by atoms with Crippen molar-refractivity contribution in [2.75, 3.05) is 7.05 Å². The van der Waals surface area contributed by atoms with E-state index in [1.165, 1.54) is 23.5 Å². The van der Waals surface area contributed by atoms with Crippen molar-refractivity contribution in [3.05, 3.63) is 45.2 Å². The van der Waals surface area contributed by atoms with Crippen LogP contribution in [0, 0.1) is 0 Å². The molecule has 0 fully saturated rings. The molecule has 0 aliphatic heterocycles. The monoisotopic (exact) mass is 381 g/mol. The molecule has 0 bridgehead atoms. The fourth-order valence-corrected chi connectivity index (χ4v) is 4.00. The first-order valence-electron chi connectivity index (χ1n) is 6.38. The molecule has 5 nitrogen and oxygen atoms in total. The molecule has 0 atom stereocenters. The zero-order chi connectivity index (χ0) is 16.5. The number of halogens is 3. The topological polar surface area (TPSA) is 55.2 Å². The Morgan fingerprint density at radius 1 is 1.18 bits per heavy atom. The van der Waals surface area contributed by atoms with Crippen LogP contribution in [0.3, 0.4) is 0 Å². The Hall–Kier alpha value is -0.790. The van der Waals surface area contributed by atoms with E-state index in [4.69, 9.17) is 34.8 Å². The summed E-state index contributed by atoms with van der Waals surface area (Å²) in [4.78, 5) is -0.0750. The Labute approximate surface area is 144 Å². The minimum absolute atomic E-state index is 0.0329. The lowest BCUT2D eigenvalue weighted by Gasteiger charge is -2.17.